The van der Waals surface area contributed by atoms with Gasteiger partial charge in [-0.15, -0.1) is 0 Å². The van der Waals surface area contributed by atoms with Crippen molar-refractivity contribution in [1.29, 1.82) is 0 Å². The molecule has 0 saturated heterocycles. The van der Waals surface area contributed by atoms with Crippen LogP contribution in [0.3, 0.4) is 0 Å². The molecule has 0 fully saturated rings. The number of carbonyl (C=O) groups excluding carboxylic acids is 1. The van der Waals surface area contributed by atoms with Gasteiger partial charge in [0.2, 0.25) is 5.91 Å². The molecule has 0 unspecified atom stereocenters. The smallest absolute Gasteiger partial charge is 0.222 e. The molecule has 0 bridgehead atoms. The highest BCUT2D eigenvalue weighted by molar-refractivity contribution is 5.75. The van der Waals surface area contributed by atoms with E-state index in [-0.39, 0.29) is 5.91 Å². The summed E-state index contributed by atoms with van der Waals surface area (Å²) in [5, 5.41) is 0. The Hall–Kier alpha value is -1.32. The van der Waals surface area contributed by atoms with Crippen LogP contribution in [0.4, 0.5) is 0 Å². The molecule has 0 aliphatic heterocycles. The normalized spacial score (nSPS) is 10.0. The van der Waals surface area contributed by atoms with Crippen LogP contribution in [0.5, 0.6) is 0 Å². The van der Waals surface area contributed by atoms with E-state index in [9.17, 15) is 4.79 Å². The number of amides is 1. The number of rotatable bonds is 4. The molecule has 0 atom stereocenters. The average molecular weight is 181 g/mol. The Morgan fingerprint density at radius 3 is 3.00 bits per heavy atom. The zero-order valence-corrected chi connectivity index (χ0v) is 8.08. The van der Waals surface area contributed by atoms with Crippen LogP contribution >= 0.6 is 0 Å². The Morgan fingerprint density at radius 2 is 2.46 bits per heavy atom. The van der Waals surface area contributed by atoms with Gasteiger partial charge >= 0.3 is 0 Å². The van der Waals surface area contributed by atoms with E-state index in [0.29, 0.717) is 6.42 Å². The van der Waals surface area contributed by atoms with Crippen LogP contribution in [0.1, 0.15) is 19.0 Å². The number of hydrogen-bond donors (Lipinski definition) is 1. The fourth-order valence-corrected chi connectivity index (χ4v) is 1.10. The van der Waals surface area contributed by atoms with Crippen molar-refractivity contribution in [1.82, 2.24) is 14.9 Å². The molecule has 0 radical (unpaired) electrons. The number of carbonyl (C=O) groups is 1. The number of aromatic amines is 1. The molecular weight excluding hydrogens is 166 g/mol. The molecule has 0 aliphatic carbocycles. The summed E-state index contributed by atoms with van der Waals surface area (Å²) in [6.07, 6.45) is 4.84. The van der Waals surface area contributed by atoms with Gasteiger partial charge in [-0.1, -0.05) is 6.92 Å². The number of hydrogen-bond acceptors (Lipinski definition) is 2. The van der Waals surface area contributed by atoms with Crippen molar-refractivity contribution in [3.8, 4) is 0 Å². The highest BCUT2D eigenvalue weighted by Gasteiger charge is 2.05. The lowest BCUT2D eigenvalue weighted by Gasteiger charge is -2.15. The van der Waals surface area contributed by atoms with Crippen molar-refractivity contribution in [2.24, 2.45) is 0 Å². The Bertz CT molecular complexity index is 256. The topological polar surface area (TPSA) is 49.0 Å². The van der Waals surface area contributed by atoms with E-state index < -0.39 is 0 Å². The van der Waals surface area contributed by atoms with Crippen molar-refractivity contribution < 1.29 is 4.79 Å². The van der Waals surface area contributed by atoms with Gasteiger partial charge in [-0.25, -0.2) is 4.98 Å². The van der Waals surface area contributed by atoms with E-state index in [2.05, 4.69) is 9.97 Å². The minimum Gasteiger partial charge on any atom is -0.348 e. The predicted octanol–water partition coefficient (Wildman–Crippen LogP) is 0.821. The minimum atomic E-state index is 0.180. The molecule has 4 heteroatoms. The van der Waals surface area contributed by atoms with Crippen LogP contribution in [0.2, 0.25) is 0 Å². The first-order valence-corrected chi connectivity index (χ1v) is 4.45. The van der Waals surface area contributed by atoms with E-state index >= 15 is 0 Å². The number of imidazole rings is 1. The van der Waals surface area contributed by atoms with Crippen molar-refractivity contribution in [2.45, 2.75) is 19.8 Å². The van der Waals surface area contributed by atoms with Gasteiger partial charge in [0.1, 0.15) is 0 Å². The predicted molar refractivity (Wildman–Crippen MR) is 50.2 cm³/mol. The van der Waals surface area contributed by atoms with Crippen LogP contribution in [0.15, 0.2) is 12.5 Å². The maximum atomic E-state index is 11.2. The van der Waals surface area contributed by atoms with Crippen LogP contribution in [0, 0.1) is 0 Å². The van der Waals surface area contributed by atoms with Gasteiger partial charge in [0.25, 0.3) is 0 Å². The Balaban J connectivity index is 2.30. The SMILES string of the molecule is CCC(=O)N(C)CCc1cnc[nH]1. The average Bonchev–Trinajstić information content (AvgIpc) is 2.65. The largest absolute Gasteiger partial charge is 0.348 e. The molecule has 1 rings (SSSR count). The molecule has 72 valence electrons. The van der Waals surface area contributed by atoms with E-state index in [1.54, 1.807) is 17.4 Å². The lowest BCUT2D eigenvalue weighted by molar-refractivity contribution is -0.129. The number of likely N-dealkylation sites (N-methyl/N-ethyl adjacent to an activating group) is 1. The van der Waals surface area contributed by atoms with E-state index in [0.717, 1.165) is 18.7 Å². The van der Waals surface area contributed by atoms with Gasteiger partial charge < -0.3 is 9.88 Å². The van der Waals surface area contributed by atoms with Crippen LogP contribution in [0.25, 0.3) is 0 Å². The van der Waals surface area contributed by atoms with E-state index in [4.69, 9.17) is 0 Å². The van der Waals surface area contributed by atoms with Crippen molar-refractivity contribution in [2.75, 3.05) is 13.6 Å². The first kappa shape index (κ1) is 9.77. The lowest BCUT2D eigenvalue weighted by atomic mass is 10.3. The number of H-pyrrole nitrogens is 1. The first-order valence-electron chi connectivity index (χ1n) is 4.45. The van der Waals surface area contributed by atoms with Gasteiger partial charge in [0.05, 0.1) is 6.33 Å². The molecule has 1 heterocycles. The van der Waals surface area contributed by atoms with Gasteiger partial charge in [-0.3, -0.25) is 4.79 Å². The third-order valence-electron chi connectivity index (χ3n) is 2.00. The van der Waals surface area contributed by atoms with Crippen molar-refractivity contribution in [3.05, 3.63) is 18.2 Å². The summed E-state index contributed by atoms with van der Waals surface area (Å²) >= 11 is 0. The van der Waals surface area contributed by atoms with Crippen LogP contribution in [-0.4, -0.2) is 34.4 Å². The molecule has 0 spiro atoms. The highest BCUT2D eigenvalue weighted by Crippen LogP contribution is 1.96. The van der Waals surface area contributed by atoms with Gasteiger partial charge in [-0.2, -0.15) is 0 Å². The second-order valence-electron chi connectivity index (χ2n) is 3.00. The van der Waals surface area contributed by atoms with Crippen molar-refractivity contribution >= 4 is 5.91 Å². The second kappa shape index (κ2) is 4.64. The second-order valence-corrected chi connectivity index (χ2v) is 3.00. The molecule has 13 heavy (non-hydrogen) atoms. The molecule has 0 aliphatic rings. The summed E-state index contributed by atoms with van der Waals surface area (Å²) in [5.74, 6) is 0.180. The molecule has 1 amide bonds. The van der Waals surface area contributed by atoms with Crippen molar-refractivity contribution in [3.63, 3.8) is 0 Å². The van der Waals surface area contributed by atoms with E-state index in [1.165, 1.54) is 0 Å². The number of aromatic nitrogens is 2. The molecule has 0 aromatic carbocycles. The van der Waals surface area contributed by atoms with E-state index in [1.807, 2.05) is 14.0 Å². The Labute approximate surface area is 78.0 Å². The standard InChI is InChI=1S/C9H15N3O/c1-3-9(13)12(2)5-4-8-6-10-7-11-8/h6-7H,3-5H2,1-2H3,(H,10,11). The molecule has 1 N–H and O–H groups in total. The summed E-state index contributed by atoms with van der Waals surface area (Å²) < 4.78 is 0. The van der Waals surface area contributed by atoms with Crippen LogP contribution < -0.4 is 0 Å². The van der Waals surface area contributed by atoms with Gasteiger partial charge in [0, 0.05) is 38.3 Å². The third-order valence-corrected chi connectivity index (χ3v) is 2.00. The molecular formula is C9H15N3O. The fourth-order valence-electron chi connectivity index (χ4n) is 1.10. The highest BCUT2D eigenvalue weighted by atomic mass is 16.2. The zero-order chi connectivity index (χ0) is 9.68. The quantitative estimate of drug-likeness (QED) is 0.747. The monoisotopic (exact) mass is 181 g/mol. The summed E-state index contributed by atoms with van der Waals surface area (Å²) in [6, 6.07) is 0. The fraction of sp³-hybridized carbons (Fsp3) is 0.556. The number of nitrogens with one attached hydrogen (secondary N) is 1. The summed E-state index contributed by atoms with van der Waals surface area (Å²) in [4.78, 5) is 19.8. The maximum Gasteiger partial charge on any atom is 0.222 e. The Kier molecular flexibility index (Phi) is 3.49. The summed E-state index contributed by atoms with van der Waals surface area (Å²) in [6.45, 7) is 2.61. The Morgan fingerprint density at radius 1 is 1.69 bits per heavy atom. The van der Waals surface area contributed by atoms with Gasteiger partial charge in [0.15, 0.2) is 0 Å². The maximum absolute atomic E-state index is 11.2. The number of nitrogens with zero attached hydrogens (tertiary/aromatic N) is 2. The molecule has 1 aromatic rings. The molecule has 0 saturated carbocycles. The molecule has 1 aromatic heterocycles. The third kappa shape index (κ3) is 2.89. The van der Waals surface area contributed by atoms with Gasteiger partial charge in [-0.05, 0) is 0 Å². The van der Waals surface area contributed by atoms with Crippen LogP contribution in [-0.2, 0) is 11.2 Å². The minimum absolute atomic E-state index is 0.180. The summed E-state index contributed by atoms with van der Waals surface area (Å²) in [5.41, 5.74) is 1.07. The zero-order valence-electron chi connectivity index (χ0n) is 8.08. The molecule has 4 nitrogen and oxygen atoms in total. The lowest BCUT2D eigenvalue weighted by Crippen LogP contribution is -2.27. The first-order chi connectivity index (χ1) is 6.24. The summed E-state index contributed by atoms with van der Waals surface area (Å²) in [7, 11) is 1.82.